The first-order valence-electron chi connectivity index (χ1n) is 10.4. The van der Waals surface area contributed by atoms with Crippen LogP contribution < -0.4 is 0 Å². The molecular weight excluding hydrogens is 378 g/mol. The van der Waals surface area contributed by atoms with E-state index in [-0.39, 0.29) is 18.1 Å². The Morgan fingerprint density at radius 1 is 1.17 bits per heavy atom. The monoisotopic (exact) mass is 401 g/mol. The second-order valence-corrected chi connectivity index (χ2v) is 7.55. The van der Waals surface area contributed by atoms with Crippen LogP contribution in [0.25, 0.3) is 22.3 Å². The van der Waals surface area contributed by atoms with Crippen LogP contribution in [0.4, 0.5) is 0 Å². The summed E-state index contributed by atoms with van der Waals surface area (Å²) < 4.78 is 9.72. The van der Waals surface area contributed by atoms with Crippen molar-refractivity contribution in [3.63, 3.8) is 0 Å². The van der Waals surface area contributed by atoms with Crippen molar-refractivity contribution in [1.82, 2.24) is 24.5 Å². The number of rotatable bonds is 5. The fourth-order valence-electron chi connectivity index (χ4n) is 4.23. The Kier molecular flexibility index (Phi) is 4.78. The Hall–Kier alpha value is -3.48. The van der Waals surface area contributed by atoms with Gasteiger partial charge < -0.3 is 4.74 Å². The maximum atomic E-state index is 13.3. The Bertz CT molecular complexity index is 1170. The van der Waals surface area contributed by atoms with Crippen molar-refractivity contribution in [3.05, 3.63) is 66.6 Å². The van der Waals surface area contributed by atoms with E-state index >= 15 is 0 Å². The number of aryl methyl sites for hydroxylation is 1. The summed E-state index contributed by atoms with van der Waals surface area (Å²) in [5.74, 6) is -0.334. The van der Waals surface area contributed by atoms with Gasteiger partial charge >= 0.3 is 5.97 Å². The van der Waals surface area contributed by atoms with E-state index in [9.17, 15) is 4.79 Å². The van der Waals surface area contributed by atoms with E-state index in [2.05, 4.69) is 10.2 Å². The predicted octanol–water partition coefficient (Wildman–Crippen LogP) is 4.27. The highest BCUT2D eigenvalue weighted by Gasteiger charge is 2.33. The quantitative estimate of drug-likeness (QED) is 0.467. The first-order chi connectivity index (χ1) is 14.7. The van der Waals surface area contributed by atoms with Gasteiger partial charge in [-0.3, -0.25) is 4.68 Å². The highest BCUT2D eigenvalue weighted by molar-refractivity contribution is 6.03. The molecule has 1 saturated carbocycles. The number of benzene rings is 1. The number of carbonyl (C=O) groups excluding carboxylic acids is 1. The van der Waals surface area contributed by atoms with Crippen molar-refractivity contribution in [2.75, 3.05) is 0 Å². The lowest BCUT2D eigenvalue weighted by Gasteiger charge is -2.21. The number of nitrogens with zero attached hydrogens (tertiary/aromatic N) is 5. The van der Waals surface area contributed by atoms with Crippen molar-refractivity contribution in [2.24, 2.45) is 0 Å². The summed E-state index contributed by atoms with van der Waals surface area (Å²) in [6.07, 6.45) is 8.00. The molecular formula is C23H23N5O2. The lowest BCUT2D eigenvalue weighted by molar-refractivity contribution is 0.0212. The Morgan fingerprint density at radius 2 is 2.03 bits per heavy atom. The molecule has 0 spiro atoms. The second kappa shape index (κ2) is 7.74. The molecule has 1 aliphatic rings. The topological polar surface area (TPSA) is 74.8 Å². The normalized spacial score (nSPS) is 18.7. The Morgan fingerprint density at radius 3 is 2.80 bits per heavy atom. The van der Waals surface area contributed by atoms with Crippen LogP contribution in [0.15, 0.2) is 61.1 Å². The van der Waals surface area contributed by atoms with Gasteiger partial charge in [-0.2, -0.15) is 10.2 Å². The summed E-state index contributed by atoms with van der Waals surface area (Å²) >= 11 is 0. The molecule has 0 unspecified atom stereocenters. The maximum absolute atomic E-state index is 13.3. The first-order valence-corrected chi connectivity index (χ1v) is 10.4. The number of pyridine rings is 1. The smallest absolute Gasteiger partial charge is 0.339 e. The van der Waals surface area contributed by atoms with Gasteiger partial charge in [-0.05, 0) is 38.3 Å². The van der Waals surface area contributed by atoms with Crippen molar-refractivity contribution in [1.29, 1.82) is 0 Å². The molecule has 152 valence electrons. The number of hydrogen-bond donors (Lipinski definition) is 0. The average molecular weight is 401 g/mol. The van der Waals surface area contributed by atoms with Gasteiger partial charge in [0.1, 0.15) is 6.10 Å². The zero-order chi connectivity index (χ0) is 20.5. The summed E-state index contributed by atoms with van der Waals surface area (Å²) in [6.45, 7) is 2.68. The van der Waals surface area contributed by atoms with E-state index in [1.165, 1.54) is 0 Å². The molecule has 0 aliphatic heterocycles. The predicted molar refractivity (Wildman–Crippen MR) is 113 cm³/mol. The number of aromatic nitrogens is 5. The average Bonchev–Trinajstić information content (AvgIpc) is 3.53. The molecule has 1 aromatic carbocycles. The molecule has 30 heavy (non-hydrogen) atoms. The molecule has 0 amide bonds. The largest absolute Gasteiger partial charge is 0.456 e. The van der Waals surface area contributed by atoms with Crippen LogP contribution in [0.2, 0.25) is 0 Å². The van der Waals surface area contributed by atoms with Gasteiger partial charge in [0, 0.05) is 24.5 Å². The standard InChI is InChI=1S/C23H23N5O2/c1-2-27-22-18(15-25-27)17(14-19(26-22)16-8-4-3-5-9-16)23(29)30-21-11-6-10-20(21)28-13-7-12-24-28/h3-5,7-9,12-15,20-21H,2,6,10-11H2,1H3/t20-,21-/m1/s1. The zero-order valence-corrected chi connectivity index (χ0v) is 16.8. The zero-order valence-electron chi connectivity index (χ0n) is 16.8. The van der Waals surface area contributed by atoms with Crippen LogP contribution in [-0.2, 0) is 11.3 Å². The summed E-state index contributed by atoms with van der Waals surface area (Å²) in [7, 11) is 0. The molecule has 1 fully saturated rings. The number of ether oxygens (including phenoxy) is 1. The van der Waals surface area contributed by atoms with E-state index in [4.69, 9.17) is 9.72 Å². The summed E-state index contributed by atoms with van der Waals surface area (Å²) in [5, 5.41) is 9.48. The summed E-state index contributed by atoms with van der Waals surface area (Å²) in [6, 6.07) is 13.7. The minimum Gasteiger partial charge on any atom is -0.456 e. The van der Waals surface area contributed by atoms with Crippen molar-refractivity contribution in [2.45, 2.75) is 44.9 Å². The van der Waals surface area contributed by atoms with Gasteiger partial charge in [0.15, 0.2) is 5.65 Å². The van der Waals surface area contributed by atoms with Crippen LogP contribution in [0.5, 0.6) is 0 Å². The van der Waals surface area contributed by atoms with E-state index in [0.29, 0.717) is 17.8 Å². The molecule has 2 atom stereocenters. The van der Waals surface area contributed by atoms with Gasteiger partial charge in [0.2, 0.25) is 0 Å². The second-order valence-electron chi connectivity index (χ2n) is 7.55. The van der Waals surface area contributed by atoms with Crippen molar-refractivity contribution >= 4 is 17.0 Å². The van der Waals surface area contributed by atoms with Gasteiger partial charge in [-0.1, -0.05) is 30.3 Å². The lowest BCUT2D eigenvalue weighted by atomic mass is 10.1. The number of fused-ring (bicyclic) bond motifs is 1. The van der Waals surface area contributed by atoms with Gasteiger partial charge in [-0.25, -0.2) is 14.5 Å². The number of esters is 1. The van der Waals surface area contributed by atoms with Crippen LogP contribution in [0.3, 0.4) is 0 Å². The van der Waals surface area contributed by atoms with Crippen LogP contribution >= 0.6 is 0 Å². The fourth-order valence-corrected chi connectivity index (χ4v) is 4.23. The fraction of sp³-hybridized carbons (Fsp3) is 0.304. The third kappa shape index (κ3) is 3.26. The third-order valence-electron chi connectivity index (χ3n) is 5.74. The van der Waals surface area contributed by atoms with E-state index in [1.807, 2.05) is 60.3 Å². The molecule has 5 rings (SSSR count). The van der Waals surface area contributed by atoms with Crippen LogP contribution in [0.1, 0.15) is 42.6 Å². The molecule has 7 nitrogen and oxygen atoms in total. The molecule has 0 N–H and O–H groups in total. The molecule has 0 bridgehead atoms. The highest BCUT2D eigenvalue weighted by Crippen LogP contribution is 2.33. The number of hydrogen-bond acceptors (Lipinski definition) is 5. The SMILES string of the molecule is CCn1ncc2c(C(=O)O[C@@H]3CCC[C@H]3n3cccn3)cc(-c3ccccc3)nc21. The maximum Gasteiger partial charge on any atom is 0.339 e. The summed E-state index contributed by atoms with van der Waals surface area (Å²) in [4.78, 5) is 18.1. The van der Waals surface area contributed by atoms with Gasteiger partial charge in [-0.15, -0.1) is 0 Å². The molecule has 0 saturated heterocycles. The van der Waals surface area contributed by atoms with Crippen LogP contribution in [-0.4, -0.2) is 36.6 Å². The molecule has 3 aromatic heterocycles. The molecule has 3 heterocycles. The molecule has 1 aliphatic carbocycles. The van der Waals surface area contributed by atoms with Gasteiger partial charge in [0.05, 0.1) is 28.9 Å². The highest BCUT2D eigenvalue weighted by atomic mass is 16.5. The third-order valence-corrected chi connectivity index (χ3v) is 5.74. The van der Waals surface area contributed by atoms with Gasteiger partial charge in [0.25, 0.3) is 0 Å². The molecule has 0 radical (unpaired) electrons. The van der Waals surface area contributed by atoms with Crippen molar-refractivity contribution < 1.29 is 9.53 Å². The number of carbonyl (C=O) groups is 1. The molecule has 7 heteroatoms. The first kappa shape index (κ1) is 18.5. The van der Waals surface area contributed by atoms with Crippen LogP contribution in [0, 0.1) is 0 Å². The Labute approximate surface area is 174 Å². The van der Waals surface area contributed by atoms with E-state index in [1.54, 1.807) is 17.1 Å². The molecule has 4 aromatic rings. The summed E-state index contributed by atoms with van der Waals surface area (Å²) in [5.41, 5.74) is 2.89. The minimum atomic E-state index is -0.334. The van der Waals surface area contributed by atoms with Crippen molar-refractivity contribution in [3.8, 4) is 11.3 Å². The minimum absolute atomic E-state index is 0.0771. The van der Waals surface area contributed by atoms with E-state index in [0.717, 1.165) is 35.9 Å². The van der Waals surface area contributed by atoms with E-state index < -0.39 is 0 Å². The lowest BCUT2D eigenvalue weighted by Crippen LogP contribution is -2.25. The Balaban J connectivity index is 1.52.